The monoisotopic (exact) mass is 351 g/mol. The molecule has 0 atom stereocenters. The van der Waals surface area contributed by atoms with Gasteiger partial charge in [-0.15, -0.1) is 11.3 Å². The molecular formula is C19H17N3O2S. The molecule has 1 aromatic carbocycles. The molecular weight excluding hydrogens is 334 g/mol. The molecule has 5 nitrogen and oxygen atoms in total. The number of anilines is 1. The molecule has 6 heteroatoms. The van der Waals surface area contributed by atoms with Crippen LogP contribution in [0.3, 0.4) is 0 Å². The number of thiazole rings is 1. The third-order valence-electron chi connectivity index (χ3n) is 3.91. The van der Waals surface area contributed by atoms with Crippen molar-refractivity contribution in [3.05, 3.63) is 64.2 Å². The minimum absolute atomic E-state index is 0.154. The molecule has 25 heavy (non-hydrogen) atoms. The van der Waals surface area contributed by atoms with E-state index in [2.05, 4.69) is 15.3 Å². The maximum absolute atomic E-state index is 12.3. The fraction of sp³-hybridized carbons (Fsp3) is 0.211. The van der Waals surface area contributed by atoms with E-state index in [1.165, 1.54) is 29.7 Å². The Hall–Kier alpha value is -2.73. The van der Waals surface area contributed by atoms with Crippen molar-refractivity contribution < 1.29 is 9.53 Å². The van der Waals surface area contributed by atoms with Crippen LogP contribution in [0.1, 0.15) is 39.0 Å². The first-order chi connectivity index (χ1) is 12.2. The highest BCUT2D eigenvalue weighted by Gasteiger charge is 2.27. The average molecular weight is 351 g/mol. The second-order valence-electron chi connectivity index (χ2n) is 6.09. The lowest BCUT2D eigenvalue weighted by molar-refractivity contribution is 0.103. The number of carbonyl (C=O) groups is 1. The average Bonchev–Trinajstić information content (AvgIpc) is 3.35. The molecule has 0 saturated heterocycles. The lowest BCUT2D eigenvalue weighted by Gasteiger charge is -2.06. The van der Waals surface area contributed by atoms with E-state index in [1.807, 2.05) is 31.2 Å². The Balaban J connectivity index is 1.39. The fourth-order valence-electron chi connectivity index (χ4n) is 2.35. The summed E-state index contributed by atoms with van der Waals surface area (Å²) in [7, 11) is 0. The second-order valence-corrected chi connectivity index (χ2v) is 7.15. The fourth-order valence-corrected chi connectivity index (χ4v) is 3.33. The van der Waals surface area contributed by atoms with Crippen LogP contribution in [0, 0.1) is 6.92 Å². The second kappa shape index (κ2) is 6.64. The molecule has 1 saturated carbocycles. The van der Waals surface area contributed by atoms with Crippen LogP contribution in [0.15, 0.2) is 48.8 Å². The molecule has 1 N–H and O–H groups in total. The van der Waals surface area contributed by atoms with Crippen molar-refractivity contribution in [1.82, 2.24) is 9.97 Å². The van der Waals surface area contributed by atoms with Gasteiger partial charge in [0, 0.05) is 12.0 Å². The van der Waals surface area contributed by atoms with E-state index in [-0.39, 0.29) is 5.91 Å². The van der Waals surface area contributed by atoms with Gasteiger partial charge in [0.05, 0.1) is 23.1 Å². The quantitative estimate of drug-likeness (QED) is 0.719. The Labute approximate surface area is 149 Å². The normalized spacial score (nSPS) is 13.5. The zero-order valence-electron chi connectivity index (χ0n) is 13.7. The molecule has 0 aliphatic heterocycles. The van der Waals surface area contributed by atoms with E-state index in [4.69, 9.17) is 4.74 Å². The Bertz CT molecular complexity index is 884. The van der Waals surface area contributed by atoms with Gasteiger partial charge in [-0.25, -0.2) is 9.97 Å². The number of amides is 1. The van der Waals surface area contributed by atoms with Crippen molar-refractivity contribution in [3.63, 3.8) is 0 Å². The molecule has 0 spiro atoms. The van der Waals surface area contributed by atoms with Crippen LogP contribution in [0.5, 0.6) is 11.6 Å². The van der Waals surface area contributed by atoms with E-state index in [1.54, 1.807) is 24.5 Å². The van der Waals surface area contributed by atoms with Crippen LogP contribution in [-0.2, 0) is 0 Å². The molecule has 0 bridgehead atoms. The van der Waals surface area contributed by atoms with Crippen molar-refractivity contribution >= 4 is 22.9 Å². The van der Waals surface area contributed by atoms with E-state index in [0.717, 1.165) is 10.8 Å². The summed E-state index contributed by atoms with van der Waals surface area (Å²) in [6.07, 6.45) is 5.60. The molecule has 3 aromatic rings. The number of ether oxygens (including phenoxy) is 1. The molecule has 2 heterocycles. The predicted octanol–water partition coefficient (Wildman–Crippen LogP) is 4.77. The Kier molecular flexibility index (Phi) is 4.19. The minimum atomic E-state index is -0.154. The van der Waals surface area contributed by atoms with Crippen molar-refractivity contribution in [3.8, 4) is 11.6 Å². The van der Waals surface area contributed by atoms with Gasteiger partial charge in [-0.05, 0) is 38.0 Å². The third kappa shape index (κ3) is 3.85. The summed E-state index contributed by atoms with van der Waals surface area (Å²) in [5, 5.41) is 3.90. The van der Waals surface area contributed by atoms with Gasteiger partial charge < -0.3 is 10.1 Å². The molecule has 4 rings (SSSR count). The maximum atomic E-state index is 12.3. The largest absolute Gasteiger partial charge is 0.439 e. The first kappa shape index (κ1) is 15.8. The van der Waals surface area contributed by atoms with Gasteiger partial charge in [-0.3, -0.25) is 4.79 Å². The van der Waals surface area contributed by atoms with Gasteiger partial charge in [0.1, 0.15) is 10.6 Å². The van der Waals surface area contributed by atoms with Crippen molar-refractivity contribution in [1.29, 1.82) is 0 Å². The number of benzene rings is 1. The molecule has 126 valence electrons. The number of nitrogens with one attached hydrogen (secondary N) is 1. The molecule has 1 aliphatic carbocycles. The number of rotatable bonds is 5. The van der Waals surface area contributed by atoms with Gasteiger partial charge in [0.2, 0.25) is 5.88 Å². The Morgan fingerprint density at radius 1 is 1.12 bits per heavy atom. The molecule has 1 fully saturated rings. The van der Waals surface area contributed by atoms with Gasteiger partial charge in [0.15, 0.2) is 0 Å². The van der Waals surface area contributed by atoms with Gasteiger partial charge >= 0.3 is 0 Å². The van der Waals surface area contributed by atoms with Gasteiger partial charge in [-0.2, -0.15) is 0 Å². The first-order valence-electron chi connectivity index (χ1n) is 8.15. The summed E-state index contributed by atoms with van der Waals surface area (Å²) < 4.78 is 5.68. The van der Waals surface area contributed by atoms with Crippen molar-refractivity contribution in [2.45, 2.75) is 25.7 Å². The summed E-state index contributed by atoms with van der Waals surface area (Å²) in [6, 6.07) is 11.3. The maximum Gasteiger partial charge on any atom is 0.267 e. The zero-order valence-corrected chi connectivity index (χ0v) is 14.5. The SMILES string of the molecule is Cc1ccc(Oc2ccc(NC(=O)c3cnc(C4CC4)s3)cn2)cc1. The highest BCUT2D eigenvalue weighted by Crippen LogP contribution is 2.41. The molecule has 1 amide bonds. The number of pyridine rings is 1. The summed E-state index contributed by atoms with van der Waals surface area (Å²) in [6.45, 7) is 2.02. The van der Waals surface area contributed by atoms with Gasteiger partial charge in [-0.1, -0.05) is 17.7 Å². The van der Waals surface area contributed by atoms with Crippen LogP contribution in [0.2, 0.25) is 0 Å². The lowest BCUT2D eigenvalue weighted by Crippen LogP contribution is -2.10. The number of aromatic nitrogens is 2. The van der Waals surface area contributed by atoms with Crippen LogP contribution < -0.4 is 10.1 Å². The van der Waals surface area contributed by atoms with Gasteiger partial charge in [0.25, 0.3) is 5.91 Å². The molecule has 0 unspecified atom stereocenters. The molecule has 2 aromatic heterocycles. The van der Waals surface area contributed by atoms with Crippen molar-refractivity contribution in [2.24, 2.45) is 0 Å². The first-order valence-corrected chi connectivity index (χ1v) is 8.97. The predicted molar refractivity (Wildman–Crippen MR) is 97.5 cm³/mol. The van der Waals surface area contributed by atoms with Crippen LogP contribution in [0.25, 0.3) is 0 Å². The standard InChI is InChI=1S/C19H17N3O2S/c1-12-2-7-15(8-3-12)24-17-9-6-14(10-20-17)22-18(23)16-11-21-19(25-16)13-4-5-13/h2-3,6-11,13H,4-5H2,1H3,(H,22,23). The molecule has 1 aliphatic rings. The van der Waals surface area contributed by atoms with Crippen molar-refractivity contribution in [2.75, 3.05) is 5.32 Å². The van der Waals surface area contributed by atoms with E-state index in [0.29, 0.717) is 22.4 Å². The summed E-state index contributed by atoms with van der Waals surface area (Å²) in [5.74, 6) is 1.62. The van der Waals surface area contributed by atoms with Crippen LogP contribution in [0.4, 0.5) is 5.69 Å². The number of hydrogen-bond donors (Lipinski definition) is 1. The van der Waals surface area contributed by atoms with Crippen LogP contribution >= 0.6 is 11.3 Å². The Morgan fingerprint density at radius 3 is 2.60 bits per heavy atom. The zero-order chi connectivity index (χ0) is 17.2. The van der Waals surface area contributed by atoms with Crippen LogP contribution in [-0.4, -0.2) is 15.9 Å². The minimum Gasteiger partial charge on any atom is -0.439 e. The summed E-state index contributed by atoms with van der Waals surface area (Å²) in [4.78, 5) is 21.5. The summed E-state index contributed by atoms with van der Waals surface area (Å²) in [5.41, 5.74) is 1.80. The van der Waals surface area contributed by atoms with E-state index in [9.17, 15) is 4.79 Å². The highest BCUT2D eigenvalue weighted by atomic mass is 32.1. The smallest absolute Gasteiger partial charge is 0.267 e. The molecule has 0 radical (unpaired) electrons. The van der Waals surface area contributed by atoms with E-state index < -0.39 is 0 Å². The topological polar surface area (TPSA) is 64.1 Å². The highest BCUT2D eigenvalue weighted by molar-refractivity contribution is 7.13. The lowest BCUT2D eigenvalue weighted by atomic mass is 10.2. The number of hydrogen-bond acceptors (Lipinski definition) is 5. The third-order valence-corrected chi connectivity index (χ3v) is 5.07. The van der Waals surface area contributed by atoms with E-state index >= 15 is 0 Å². The number of carbonyl (C=O) groups excluding carboxylic acids is 1. The summed E-state index contributed by atoms with van der Waals surface area (Å²) >= 11 is 1.47. The Morgan fingerprint density at radius 2 is 1.92 bits per heavy atom. The number of aryl methyl sites for hydroxylation is 1. The number of nitrogens with zero attached hydrogens (tertiary/aromatic N) is 2.